The Hall–Kier alpha value is -3.57. The largest absolute Gasteiger partial charge is 0.361 e. The maximum Gasteiger partial charge on any atom is 0.251 e. The lowest BCUT2D eigenvalue weighted by Crippen LogP contribution is -2.22. The SMILES string of the molecule is O=C(NCc1ccccc1Cl)c1ccc2c(c1)ncn2-c1ccc2[nH]ccc2c1. The Bertz CT molecular complexity index is 1350. The summed E-state index contributed by atoms with van der Waals surface area (Å²) >= 11 is 6.16. The number of hydrogen-bond acceptors (Lipinski definition) is 2. The molecule has 5 rings (SSSR count). The molecule has 0 aliphatic heterocycles. The number of nitrogens with one attached hydrogen (secondary N) is 2. The van der Waals surface area contributed by atoms with Gasteiger partial charge >= 0.3 is 0 Å². The molecule has 0 spiro atoms. The number of imidazole rings is 1. The molecule has 142 valence electrons. The molecule has 0 saturated carbocycles. The zero-order valence-corrected chi connectivity index (χ0v) is 16.1. The van der Waals surface area contributed by atoms with Crippen LogP contribution in [0.2, 0.25) is 5.02 Å². The van der Waals surface area contributed by atoms with Crippen LogP contribution in [-0.4, -0.2) is 20.4 Å². The number of amides is 1. The first kappa shape index (κ1) is 17.5. The molecule has 0 saturated heterocycles. The van der Waals surface area contributed by atoms with Gasteiger partial charge in [-0.05, 0) is 54.1 Å². The second-order valence-corrected chi connectivity index (χ2v) is 7.25. The second kappa shape index (κ2) is 7.11. The summed E-state index contributed by atoms with van der Waals surface area (Å²) in [5, 5.41) is 4.69. The summed E-state index contributed by atoms with van der Waals surface area (Å²) in [4.78, 5) is 20.3. The van der Waals surface area contributed by atoms with Gasteiger partial charge in [-0.1, -0.05) is 29.8 Å². The normalized spacial score (nSPS) is 11.2. The van der Waals surface area contributed by atoms with E-state index in [1.807, 2.05) is 71.4 Å². The van der Waals surface area contributed by atoms with Crippen LogP contribution < -0.4 is 5.32 Å². The fourth-order valence-electron chi connectivity index (χ4n) is 3.47. The molecule has 5 aromatic rings. The number of carbonyl (C=O) groups excluding carboxylic acids is 1. The molecule has 3 aromatic carbocycles. The third kappa shape index (κ3) is 3.26. The number of hydrogen-bond donors (Lipinski definition) is 2. The number of H-pyrrole nitrogens is 1. The maximum absolute atomic E-state index is 12.6. The predicted octanol–water partition coefficient (Wildman–Crippen LogP) is 5.09. The number of aromatic amines is 1. The van der Waals surface area contributed by atoms with Crippen LogP contribution in [0.3, 0.4) is 0 Å². The Morgan fingerprint density at radius 2 is 1.97 bits per heavy atom. The molecular formula is C23H17ClN4O. The van der Waals surface area contributed by atoms with Crippen LogP contribution in [-0.2, 0) is 6.54 Å². The highest BCUT2D eigenvalue weighted by Crippen LogP contribution is 2.23. The van der Waals surface area contributed by atoms with Crippen LogP contribution in [0.1, 0.15) is 15.9 Å². The van der Waals surface area contributed by atoms with Gasteiger partial charge < -0.3 is 10.3 Å². The van der Waals surface area contributed by atoms with E-state index < -0.39 is 0 Å². The second-order valence-electron chi connectivity index (χ2n) is 6.84. The van der Waals surface area contributed by atoms with Gasteiger partial charge in [0.05, 0.1) is 11.0 Å². The Balaban J connectivity index is 1.41. The van der Waals surface area contributed by atoms with Gasteiger partial charge in [0.1, 0.15) is 6.33 Å². The zero-order valence-electron chi connectivity index (χ0n) is 15.4. The summed E-state index contributed by atoms with van der Waals surface area (Å²) in [6.45, 7) is 0.377. The number of carbonyl (C=O) groups is 1. The van der Waals surface area contributed by atoms with Crippen molar-refractivity contribution in [1.82, 2.24) is 19.9 Å². The maximum atomic E-state index is 12.6. The molecular weight excluding hydrogens is 384 g/mol. The van der Waals surface area contributed by atoms with Crippen molar-refractivity contribution < 1.29 is 4.79 Å². The molecule has 2 N–H and O–H groups in total. The fraction of sp³-hybridized carbons (Fsp3) is 0.0435. The lowest BCUT2D eigenvalue weighted by Gasteiger charge is -2.08. The van der Waals surface area contributed by atoms with E-state index in [0.29, 0.717) is 17.1 Å². The summed E-state index contributed by atoms with van der Waals surface area (Å²) < 4.78 is 2.02. The fourth-order valence-corrected chi connectivity index (χ4v) is 3.67. The summed E-state index contributed by atoms with van der Waals surface area (Å²) in [6.07, 6.45) is 3.71. The Morgan fingerprint density at radius 1 is 1.07 bits per heavy atom. The highest BCUT2D eigenvalue weighted by molar-refractivity contribution is 6.31. The van der Waals surface area contributed by atoms with Gasteiger partial charge in [-0.2, -0.15) is 0 Å². The van der Waals surface area contributed by atoms with E-state index in [0.717, 1.165) is 33.2 Å². The summed E-state index contributed by atoms with van der Waals surface area (Å²) in [6, 6.07) is 21.3. The molecule has 29 heavy (non-hydrogen) atoms. The van der Waals surface area contributed by atoms with Crippen LogP contribution in [0.25, 0.3) is 27.6 Å². The average Bonchev–Trinajstić information content (AvgIpc) is 3.38. The first-order chi connectivity index (χ1) is 14.2. The number of nitrogens with zero attached hydrogens (tertiary/aromatic N) is 2. The summed E-state index contributed by atoms with van der Waals surface area (Å²) in [7, 11) is 0. The van der Waals surface area contributed by atoms with Crippen LogP contribution >= 0.6 is 11.6 Å². The number of fused-ring (bicyclic) bond motifs is 2. The monoisotopic (exact) mass is 400 g/mol. The Labute approximate surface area is 172 Å². The molecule has 6 heteroatoms. The van der Waals surface area contributed by atoms with E-state index in [1.165, 1.54) is 0 Å². The smallest absolute Gasteiger partial charge is 0.251 e. The van der Waals surface area contributed by atoms with E-state index in [1.54, 1.807) is 6.33 Å². The van der Waals surface area contributed by atoms with Crippen LogP contribution in [0.5, 0.6) is 0 Å². The van der Waals surface area contributed by atoms with Crippen molar-refractivity contribution in [3.05, 3.63) is 95.4 Å². The first-order valence-corrected chi connectivity index (χ1v) is 9.63. The predicted molar refractivity (Wildman–Crippen MR) is 116 cm³/mol. The molecule has 2 aromatic heterocycles. The van der Waals surface area contributed by atoms with Crippen molar-refractivity contribution in [3.8, 4) is 5.69 Å². The number of halogens is 1. The minimum atomic E-state index is -0.157. The van der Waals surface area contributed by atoms with Gasteiger partial charge in [0.2, 0.25) is 0 Å². The average molecular weight is 401 g/mol. The highest BCUT2D eigenvalue weighted by atomic mass is 35.5. The molecule has 0 aliphatic carbocycles. The molecule has 0 bridgehead atoms. The molecule has 0 radical (unpaired) electrons. The van der Waals surface area contributed by atoms with Crippen molar-refractivity contribution in [2.45, 2.75) is 6.54 Å². The number of benzene rings is 3. The van der Waals surface area contributed by atoms with E-state index in [4.69, 9.17) is 11.6 Å². The number of rotatable bonds is 4. The van der Waals surface area contributed by atoms with E-state index in [-0.39, 0.29) is 5.91 Å². The lowest BCUT2D eigenvalue weighted by molar-refractivity contribution is 0.0951. The van der Waals surface area contributed by atoms with Crippen molar-refractivity contribution in [3.63, 3.8) is 0 Å². The summed E-state index contributed by atoms with van der Waals surface area (Å²) in [5.41, 5.74) is 5.28. The van der Waals surface area contributed by atoms with Crippen molar-refractivity contribution >= 4 is 39.4 Å². The topological polar surface area (TPSA) is 62.7 Å². The van der Waals surface area contributed by atoms with Crippen molar-refractivity contribution in [2.75, 3.05) is 0 Å². The van der Waals surface area contributed by atoms with Gasteiger partial charge in [0.15, 0.2) is 0 Å². The van der Waals surface area contributed by atoms with Gasteiger partial charge in [-0.3, -0.25) is 9.36 Å². The minimum absolute atomic E-state index is 0.157. The lowest BCUT2D eigenvalue weighted by atomic mass is 10.1. The van der Waals surface area contributed by atoms with Gasteiger partial charge in [0, 0.05) is 39.9 Å². The van der Waals surface area contributed by atoms with Gasteiger partial charge in [-0.25, -0.2) is 4.98 Å². The molecule has 0 fully saturated rings. The standard InChI is InChI=1S/C23H17ClN4O/c24-19-4-2-1-3-17(19)13-26-23(29)16-5-8-22-21(12-16)27-14-28(22)18-6-7-20-15(11-18)9-10-25-20/h1-12,14,25H,13H2,(H,26,29). The highest BCUT2D eigenvalue weighted by Gasteiger charge is 2.11. The van der Waals surface area contributed by atoms with Crippen molar-refractivity contribution in [1.29, 1.82) is 0 Å². The van der Waals surface area contributed by atoms with Crippen LogP contribution in [0.15, 0.2) is 79.3 Å². The number of aromatic nitrogens is 3. The van der Waals surface area contributed by atoms with Crippen molar-refractivity contribution in [2.24, 2.45) is 0 Å². The van der Waals surface area contributed by atoms with Crippen LogP contribution in [0.4, 0.5) is 0 Å². The molecule has 0 aliphatic rings. The molecule has 5 nitrogen and oxygen atoms in total. The van der Waals surface area contributed by atoms with E-state index >= 15 is 0 Å². The molecule has 1 amide bonds. The third-order valence-corrected chi connectivity index (χ3v) is 5.39. The quantitative estimate of drug-likeness (QED) is 0.441. The summed E-state index contributed by atoms with van der Waals surface area (Å²) in [5.74, 6) is -0.157. The Morgan fingerprint density at radius 3 is 2.86 bits per heavy atom. The van der Waals surface area contributed by atoms with E-state index in [2.05, 4.69) is 21.4 Å². The first-order valence-electron chi connectivity index (χ1n) is 9.25. The molecule has 0 unspecified atom stereocenters. The minimum Gasteiger partial charge on any atom is -0.361 e. The third-order valence-electron chi connectivity index (χ3n) is 5.02. The van der Waals surface area contributed by atoms with Gasteiger partial charge in [0.25, 0.3) is 5.91 Å². The Kier molecular flexibility index (Phi) is 4.30. The molecule has 0 atom stereocenters. The van der Waals surface area contributed by atoms with Gasteiger partial charge in [-0.15, -0.1) is 0 Å². The zero-order chi connectivity index (χ0) is 19.8. The van der Waals surface area contributed by atoms with Crippen LogP contribution in [0, 0.1) is 0 Å². The molecule has 2 heterocycles. The van der Waals surface area contributed by atoms with E-state index in [9.17, 15) is 4.79 Å².